The van der Waals surface area contributed by atoms with Crippen molar-refractivity contribution in [1.82, 2.24) is 0 Å². The molecule has 0 heteroatoms. The minimum Gasteiger partial charge on any atom is -0.0651 e. The van der Waals surface area contributed by atoms with E-state index in [1.807, 2.05) is 0 Å². The van der Waals surface area contributed by atoms with Gasteiger partial charge in [-0.2, -0.15) is 0 Å². The van der Waals surface area contributed by atoms with Crippen molar-refractivity contribution in [3.63, 3.8) is 0 Å². The van der Waals surface area contributed by atoms with Gasteiger partial charge in [0.05, 0.1) is 0 Å². The van der Waals surface area contributed by atoms with Crippen molar-refractivity contribution >= 4 is 0 Å². The Hall–Kier alpha value is -0.780. The van der Waals surface area contributed by atoms with Crippen molar-refractivity contribution < 1.29 is 0 Å². The molecule has 0 aliphatic heterocycles. The standard InChI is InChI=1S/C31H50/c1-3-24-5-9-26(10-6-24)21-28-13-17-30(18-14-28)23-31-19-15-29(16-20-31)22-27-11-7-25(4-2)8-12-27/h5-6,9-10,25,27-31H,3-4,7-8,11-23H2,1-2H3. The van der Waals surface area contributed by atoms with Crippen LogP contribution in [0.2, 0.25) is 0 Å². The highest BCUT2D eigenvalue weighted by Gasteiger charge is 2.29. The SMILES string of the molecule is CCc1ccc(CC2CCC(CC3CCC(CC4CCC(CC)CC4)CC3)CC2)cc1. The summed E-state index contributed by atoms with van der Waals surface area (Å²) in [6.07, 6.45) is 25.4. The van der Waals surface area contributed by atoms with E-state index in [1.54, 1.807) is 56.9 Å². The number of benzene rings is 1. The topological polar surface area (TPSA) is 0 Å². The Bertz CT molecular complexity index is 604. The normalized spacial score (nSPS) is 34.5. The molecule has 0 nitrogen and oxygen atoms in total. The van der Waals surface area contributed by atoms with E-state index in [0.717, 1.165) is 41.9 Å². The predicted molar refractivity (Wildman–Crippen MR) is 135 cm³/mol. The van der Waals surface area contributed by atoms with Crippen LogP contribution in [-0.4, -0.2) is 0 Å². The fourth-order valence-electron chi connectivity index (χ4n) is 7.44. The van der Waals surface area contributed by atoms with Gasteiger partial charge in [-0.1, -0.05) is 109 Å². The molecule has 0 aromatic heterocycles. The summed E-state index contributed by atoms with van der Waals surface area (Å²) in [6.45, 7) is 4.64. The van der Waals surface area contributed by atoms with Crippen molar-refractivity contribution in [2.24, 2.45) is 35.5 Å². The third-order valence-electron chi connectivity index (χ3n) is 9.77. The van der Waals surface area contributed by atoms with Crippen molar-refractivity contribution in [3.05, 3.63) is 35.4 Å². The first-order valence-corrected chi connectivity index (χ1v) is 14.3. The summed E-state index contributed by atoms with van der Waals surface area (Å²) in [6, 6.07) is 9.46. The number of hydrogen-bond acceptors (Lipinski definition) is 0. The molecule has 3 fully saturated rings. The second-order valence-electron chi connectivity index (χ2n) is 11.9. The maximum atomic E-state index is 2.39. The first kappa shape index (κ1) is 23.4. The van der Waals surface area contributed by atoms with Gasteiger partial charge >= 0.3 is 0 Å². The van der Waals surface area contributed by atoms with Crippen LogP contribution in [0.1, 0.15) is 121 Å². The molecule has 0 radical (unpaired) electrons. The fraction of sp³-hybridized carbons (Fsp3) is 0.806. The monoisotopic (exact) mass is 422 g/mol. The smallest absolute Gasteiger partial charge is 0.0250 e. The van der Waals surface area contributed by atoms with Gasteiger partial charge < -0.3 is 0 Å². The van der Waals surface area contributed by atoms with Gasteiger partial charge in [0.1, 0.15) is 0 Å². The van der Waals surface area contributed by atoms with Crippen LogP contribution in [0.4, 0.5) is 0 Å². The fourth-order valence-corrected chi connectivity index (χ4v) is 7.44. The van der Waals surface area contributed by atoms with Gasteiger partial charge in [0, 0.05) is 0 Å². The first-order chi connectivity index (χ1) is 15.2. The van der Waals surface area contributed by atoms with Gasteiger partial charge in [0.2, 0.25) is 0 Å². The summed E-state index contributed by atoms with van der Waals surface area (Å²) < 4.78 is 0. The molecule has 3 aliphatic rings. The van der Waals surface area contributed by atoms with E-state index in [1.165, 1.54) is 56.9 Å². The summed E-state index contributed by atoms with van der Waals surface area (Å²) in [5, 5.41) is 0. The molecule has 31 heavy (non-hydrogen) atoms. The summed E-state index contributed by atoms with van der Waals surface area (Å²) >= 11 is 0. The van der Waals surface area contributed by atoms with Crippen LogP contribution in [0.5, 0.6) is 0 Å². The molecule has 1 aromatic carbocycles. The van der Waals surface area contributed by atoms with Gasteiger partial charge in [0.25, 0.3) is 0 Å². The molecule has 1 aromatic rings. The number of rotatable bonds is 8. The summed E-state index contributed by atoms with van der Waals surface area (Å²) in [5.41, 5.74) is 3.05. The van der Waals surface area contributed by atoms with Gasteiger partial charge in [-0.05, 0) is 85.2 Å². The van der Waals surface area contributed by atoms with Crippen LogP contribution in [0.25, 0.3) is 0 Å². The Kier molecular flexibility index (Phi) is 8.98. The lowest BCUT2D eigenvalue weighted by Crippen LogP contribution is -2.23. The van der Waals surface area contributed by atoms with Gasteiger partial charge in [-0.15, -0.1) is 0 Å². The van der Waals surface area contributed by atoms with Crippen LogP contribution in [0.15, 0.2) is 24.3 Å². The molecule has 0 saturated heterocycles. The van der Waals surface area contributed by atoms with E-state index in [-0.39, 0.29) is 0 Å². The minimum atomic E-state index is 0.947. The van der Waals surface area contributed by atoms with Crippen LogP contribution >= 0.6 is 0 Å². The Morgan fingerprint density at radius 2 is 0.839 bits per heavy atom. The maximum Gasteiger partial charge on any atom is -0.0250 e. The summed E-state index contributed by atoms with van der Waals surface area (Å²) in [5.74, 6) is 6.28. The first-order valence-electron chi connectivity index (χ1n) is 14.3. The Morgan fingerprint density at radius 1 is 0.484 bits per heavy atom. The Balaban J connectivity index is 1.10. The quantitative estimate of drug-likeness (QED) is 0.391. The molecule has 0 amide bonds. The van der Waals surface area contributed by atoms with Crippen LogP contribution < -0.4 is 0 Å². The van der Waals surface area contributed by atoms with Crippen LogP contribution in [-0.2, 0) is 12.8 Å². The van der Waals surface area contributed by atoms with Gasteiger partial charge in [-0.25, -0.2) is 0 Å². The summed E-state index contributed by atoms with van der Waals surface area (Å²) in [4.78, 5) is 0. The van der Waals surface area contributed by atoms with Crippen molar-refractivity contribution in [2.45, 2.75) is 123 Å². The highest BCUT2D eigenvalue weighted by atomic mass is 14.3. The van der Waals surface area contributed by atoms with Crippen molar-refractivity contribution in [1.29, 1.82) is 0 Å². The van der Waals surface area contributed by atoms with Crippen LogP contribution in [0.3, 0.4) is 0 Å². The third kappa shape index (κ3) is 7.10. The lowest BCUT2D eigenvalue weighted by molar-refractivity contribution is 0.163. The van der Waals surface area contributed by atoms with E-state index in [2.05, 4.69) is 38.1 Å². The van der Waals surface area contributed by atoms with Crippen molar-refractivity contribution in [3.8, 4) is 0 Å². The largest absolute Gasteiger partial charge is 0.0651 e. The van der Waals surface area contributed by atoms with E-state index in [9.17, 15) is 0 Å². The number of hydrogen-bond donors (Lipinski definition) is 0. The lowest BCUT2D eigenvalue weighted by atomic mass is 9.70. The van der Waals surface area contributed by atoms with Crippen LogP contribution in [0, 0.1) is 35.5 Å². The van der Waals surface area contributed by atoms with Gasteiger partial charge in [-0.3, -0.25) is 0 Å². The molecular weight excluding hydrogens is 372 g/mol. The molecule has 4 rings (SSSR count). The molecular formula is C31H50. The minimum absolute atomic E-state index is 0.947. The molecule has 0 spiro atoms. The predicted octanol–water partition coefficient (Wildman–Crippen LogP) is 9.40. The molecule has 0 heterocycles. The highest BCUT2D eigenvalue weighted by Crippen LogP contribution is 2.42. The number of aryl methyl sites for hydroxylation is 1. The Labute approximate surface area is 194 Å². The summed E-state index contributed by atoms with van der Waals surface area (Å²) in [7, 11) is 0. The second kappa shape index (κ2) is 11.9. The van der Waals surface area contributed by atoms with E-state index < -0.39 is 0 Å². The average Bonchev–Trinajstić information content (AvgIpc) is 2.82. The van der Waals surface area contributed by atoms with E-state index in [0.29, 0.717) is 0 Å². The molecule has 0 bridgehead atoms. The molecule has 0 unspecified atom stereocenters. The lowest BCUT2D eigenvalue weighted by Gasteiger charge is -2.36. The maximum absolute atomic E-state index is 2.39. The highest BCUT2D eigenvalue weighted by molar-refractivity contribution is 5.22. The Morgan fingerprint density at radius 3 is 1.23 bits per heavy atom. The van der Waals surface area contributed by atoms with E-state index in [4.69, 9.17) is 0 Å². The van der Waals surface area contributed by atoms with Gasteiger partial charge in [0.15, 0.2) is 0 Å². The molecule has 3 aliphatic carbocycles. The van der Waals surface area contributed by atoms with E-state index >= 15 is 0 Å². The zero-order valence-corrected chi connectivity index (χ0v) is 20.8. The average molecular weight is 423 g/mol. The van der Waals surface area contributed by atoms with Crippen molar-refractivity contribution in [2.75, 3.05) is 0 Å². The molecule has 0 atom stereocenters. The molecule has 174 valence electrons. The third-order valence-corrected chi connectivity index (χ3v) is 9.77. The second-order valence-corrected chi connectivity index (χ2v) is 11.9. The zero-order chi connectivity index (χ0) is 21.5. The zero-order valence-electron chi connectivity index (χ0n) is 20.8. The molecule has 0 N–H and O–H groups in total. The molecule has 3 saturated carbocycles.